The quantitative estimate of drug-likeness (QED) is 0.364. The first-order chi connectivity index (χ1) is 19.1. The number of hydrogen-bond donors (Lipinski definition) is 5. The van der Waals surface area contributed by atoms with Crippen molar-refractivity contribution < 1.29 is 24.5 Å². The Morgan fingerprint density at radius 2 is 1.75 bits per heavy atom. The fraction of sp³-hybridized carbons (Fsp3) is 0.484. The summed E-state index contributed by atoms with van der Waals surface area (Å²) < 4.78 is 5.97. The Morgan fingerprint density at radius 3 is 2.42 bits per heavy atom. The number of benzene rings is 2. The number of nitrogens with one attached hydrogen (secondary N) is 3. The molecule has 216 valence electrons. The van der Waals surface area contributed by atoms with Crippen molar-refractivity contribution in [2.45, 2.75) is 70.6 Å². The molecule has 0 fully saturated rings. The Bertz CT molecular complexity index is 1180. The summed E-state index contributed by atoms with van der Waals surface area (Å²) in [5.74, 6) is 6.06. The molecule has 3 rings (SSSR count). The van der Waals surface area contributed by atoms with Crippen LogP contribution in [0.25, 0.3) is 0 Å². The smallest absolute Gasteiger partial charge is 0.240 e. The summed E-state index contributed by atoms with van der Waals surface area (Å²) in [5, 5.41) is 31.1. The van der Waals surface area contributed by atoms with Crippen LogP contribution in [0.2, 0.25) is 0 Å². The van der Waals surface area contributed by atoms with Gasteiger partial charge in [-0.15, -0.1) is 0 Å². The molecule has 2 aromatic rings. The molecular formula is C31H42N4O5. The predicted octanol–water partition coefficient (Wildman–Crippen LogP) is 1.28. The summed E-state index contributed by atoms with van der Waals surface area (Å²) in [5.41, 5.74) is 1.58. The lowest BCUT2D eigenvalue weighted by Gasteiger charge is -2.38. The average Bonchev–Trinajstić information content (AvgIpc) is 2.91. The summed E-state index contributed by atoms with van der Waals surface area (Å²) >= 11 is 0. The third-order valence-corrected chi connectivity index (χ3v) is 6.91. The van der Waals surface area contributed by atoms with Gasteiger partial charge in [0.15, 0.2) is 0 Å². The van der Waals surface area contributed by atoms with E-state index in [9.17, 15) is 19.8 Å². The number of rotatable bonds is 4. The molecule has 0 radical (unpaired) electrons. The van der Waals surface area contributed by atoms with Gasteiger partial charge in [-0.25, -0.2) is 0 Å². The van der Waals surface area contributed by atoms with Gasteiger partial charge >= 0.3 is 0 Å². The zero-order valence-electron chi connectivity index (χ0n) is 23.9. The van der Waals surface area contributed by atoms with E-state index in [1.165, 1.54) is 11.8 Å². The topological polar surface area (TPSA) is 123 Å². The van der Waals surface area contributed by atoms with Crippen LogP contribution in [-0.4, -0.2) is 83.6 Å². The van der Waals surface area contributed by atoms with E-state index in [-0.39, 0.29) is 24.2 Å². The fourth-order valence-corrected chi connectivity index (χ4v) is 4.76. The van der Waals surface area contributed by atoms with Crippen LogP contribution in [0.3, 0.4) is 0 Å². The Morgan fingerprint density at radius 1 is 1.07 bits per heavy atom. The molecule has 2 amide bonds. The van der Waals surface area contributed by atoms with E-state index in [0.29, 0.717) is 24.5 Å². The van der Waals surface area contributed by atoms with Gasteiger partial charge in [0, 0.05) is 13.6 Å². The molecule has 0 saturated carbocycles. The molecular weight excluding hydrogens is 508 g/mol. The molecule has 6 atom stereocenters. The lowest BCUT2D eigenvalue weighted by Crippen LogP contribution is -2.63. The van der Waals surface area contributed by atoms with Crippen LogP contribution in [0.1, 0.15) is 38.8 Å². The maximum absolute atomic E-state index is 13.6. The van der Waals surface area contributed by atoms with Crippen LogP contribution in [0.4, 0.5) is 0 Å². The highest BCUT2D eigenvalue weighted by atomic mass is 16.5. The summed E-state index contributed by atoms with van der Waals surface area (Å²) in [6, 6.07) is 13.9. The fourth-order valence-electron chi connectivity index (χ4n) is 4.76. The van der Waals surface area contributed by atoms with Crippen molar-refractivity contribution in [3.8, 4) is 17.6 Å². The van der Waals surface area contributed by atoms with Crippen molar-refractivity contribution in [2.24, 2.45) is 5.92 Å². The van der Waals surface area contributed by atoms with Crippen molar-refractivity contribution in [3.05, 3.63) is 65.7 Å². The van der Waals surface area contributed by atoms with Crippen LogP contribution in [-0.2, 0) is 16.0 Å². The number of hydrogen-bond acceptors (Lipinski definition) is 7. The minimum Gasteiger partial charge on any atom is -0.491 e. The monoisotopic (exact) mass is 550 g/mol. The summed E-state index contributed by atoms with van der Waals surface area (Å²) in [4.78, 5) is 28.4. The standard InChI is InChI=1S/C31H42N4O5/c1-20(2)27-31(39)35(5)28(22(4)36)30(38)34-25(19-23-11-7-6-8-12-23)29(37)33-21(3)15-16-24-13-9-10-14-26(24)40-18-17-32-27/h6-14,20-22,25,27-28,30,32,34,36,38H,17-19H2,1-5H3,(H,33,37). The van der Waals surface area contributed by atoms with Gasteiger partial charge in [-0.3, -0.25) is 14.9 Å². The van der Waals surface area contributed by atoms with E-state index in [2.05, 4.69) is 27.8 Å². The first-order valence-electron chi connectivity index (χ1n) is 13.8. The zero-order valence-corrected chi connectivity index (χ0v) is 23.9. The van der Waals surface area contributed by atoms with E-state index in [4.69, 9.17) is 4.74 Å². The molecule has 40 heavy (non-hydrogen) atoms. The van der Waals surface area contributed by atoms with Gasteiger partial charge in [0.1, 0.15) is 18.6 Å². The molecule has 0 saturated heterocycles. The number of nitrogens with zero attached hydrogens (tertiary/aromatic N) is 1. The molecule has 9 heteroatoms. The number of para-hydroxylation sites is 1. The molecule has 0 bridgehead atoms. The van der Waals surface area contributed by atoms with Crippen molar-refractivity contribution in [2.75, 3.05) is 20.2 Å². The second kappa shape index (κ2) is 14.8. The number of aliphatic hydroxyl groups excluding tert-OH is 2. The van der Waals surface area contributed by atoms with Crippen LogP contribution in [0, 0.1) is 17.8 Å². The number of carbonyl (C=O) groups is 2. The predicted molar refractivity (Wildman–Crippen MR) is 154 cm³/mol. The minimum atomic E-state index is -1.39. The zero-order chi connectivity index (χ0) is 29.2. The van der Waals surface area contributed by atoms with Crippen LogP contribution < -0.4 is 20.7 Å². The molecule has 1 aliphatic rings. The summed E-state index contributed by atoms with van der Waals surface area (Å²) in [6.07, 6.45) is -2.20. The first kappa shape index (κ1) is 31.1. The highest BCUT2D eigenvalue weighted by Crippen LogP contribution is 2.17. The van der Waals surface area contributed by atoms with E-state index < -0.39 is 36.5 Å². The molecule has 5 N–H and O–H groups in total. The van der Waals surface area contributed by atoms with Crippen molar-refractivity contribution >= 4 is 11.8 Å². The van der Waals surface area contributed by atoms with E-state index in [0.717, 1.165) is 5.56 Å². The first-order valence-corrected chi connectivity index (χ1v) is 13.8. The molecule has 0 aromatic heterocycles. The Hall–Kier alpha value is -3.42. The number of amides is 2. The minimum absolute atomic E-state index is 0.0726. The number of aliphatic hydroxyl groups is 2. The Balaban J connectivity index is 1.98. The molecule has 2 aromatic carbocycles. The third-order valence-electron chi connectivity index (χ3n) is 6.91. The second-order valence-electron chi connectivity index (χ2n) is 10.6. The highest BCUT2D eigenvalue weighted by molar-refractivity contribution is 5.83. The van der Waals surface area contributed by atoms with E-state index in [1.54, 1.807) is 14.0 Å². The van der Waals surface area contributed by atoms with Crippen LogP contribution in [0.5, 0.6) is 5.75 Å². The highest BCUT2D eigenvalue weighted by Gasteiger charge is 2.37. The summed E-state index contributed by atoms with van der Waals surface area (Å²) in [6.45, 7) is 7.84. The van der Waals surface area contributed by atoms with Gasteiger partial charge in [0.25, 0.3) is 0 Å². The van der Waals surface area contributed by atoms with E-state index in [1.807, 2.05) is 68.4 Å². The lowest BCUT2D eigenvalue weighted by atomic mass is 9.99. The molecule has 1 aliphatic heterocycles. The van der Waals surface area contributed by atoms with E-state index >= 15 is 0 Å². The van der Waals surface area contributed by atoms with Gasteiger partial charge in [-0.2, -0.15) is 0 Å². The molecule has 0 spiro atoms. The van der Waals surface area contributed by atoms with Crippen molar-refractivity contribution in [3.63, 3.8) is 0 Å². The third kappa shape index (κ3) is 8.54. The maximum Gasteiger partial charge on any atom is 0.240 e. The maximum atomic E-state index is 13.6. The molecule has 6 unspecified atom stereocenters. The van der Waals surface area contributed by atoms with Crippen LogP contribution >= 0.6 is 0 Å². The SMILES string of the molecule is CC1C#Cc2ccccc2OCCNC(C(C)C)C(=O)N(C)C(C(C)O)C(O)NC(Cc2ccccc2)C(=O)N1. The number of carbonyl (C=O) groups excluding carboxylic acids is 2. The second-order valence-corrected chi connectivity index (χ2v) is 10.6. The molecule has 1 heterocycles. The summed E-state index contributed by atoms with van der Waals surface area (Å²) in [7, 11) is 1.55. The Kier molecular flexibility index (Phi) is 11.5. The Labute approximate surface area is 237 Å². The van der Waals surface area contributed by atoms with Crippen molar-refractivity contribution in [1.82, 2.24) is 20.9 Å². The number of fused-ring (bicyclic) bond motifs is 1. The van der Waals surface area contributed by atoms with Gasteiger partial charge < -0.3 is 30.5 Å². The average molecular weight is 551 g/mol. The lowest BCUT2D eigenvalue weighted by molar-refractivity contribution is -0.143. The largest absolute Gasteiger partial charge is 0.491 e. The van der Waals surface area contributed by atoms with Gasteiger partial charge in [0.05, 0.1) is 35.8 Å². The normalized spacial score (nSPS) is 25.9. The molecule has 9 nitrogen and oxygen atoms in total. The van der Waals surface area contributed by atoms with Crippen molar-refractivity contribution in [1.29, 1.82) is 0 Å². The van der Waals surface area contributed by atoms with Crippen LogP contribution in [0.15, 0.2) is 54.6 Å². The van der Waals surface area contributed by atoms with Gasteiger partial charge in [0.2, 0.25) is 11.8 Å². The number of likely N-dealkylation sites (N-methyl/N-ethyl adjacent to an activating group) is 1. The number of ether oxygens (including phenoxy) is 1. The molecule has 0 aliphatic carbocycles. The van der Waals surface area contributed by atoms with Gasteiger partial charge in [-0.1, -0.05) is 68.2 Å². The van der Waals surface area contributed by atoms with Gasteiger partial charge in [-0.05, 0) is 43.9 Å².